The molecule has 5 rings (SSSR count). The van der Waals surface area contributed by atoms with Crippen molar-refractivity contribution in [3.63, 3.8) is 0 Å². The lowest BCUT2D eigenvalue weighted by atomic mass is 9.89. The second kappa shape index (κ2) is 13.2. The number of ketones is 1. The summed E-state index contributed by atoms with van der Waals surface area (Å²) in [6.07, 6.45) is 4.36. The van der Waals surface area contributed by atoms with E-state index >= 15 is 0 Å². The van der Waals surface area contributed by atoms with Crippen molar-refractivity contribution in [3.05, 3.63) is 65.1 Å². The van der Waals surface area contributed by atoms with Crippen LogP contribution in [0.5, 0.6) is 11.5 Å². The predicted molar refractivity (Wildman–Crippen MR) is 163 cm³/mol. The van der Waals surface area contributed by atoms with Gasteiger partial charge in [0.15, 0.2) is 5.78 Å². The second-order valence-electron chi connectivity index (χ2n) is 9.14. The van der Waals surface area contributed by atoms with Crippen LogP contribution < -0.4 is 9.47 Å². The van der Waals surface area contributed by atoms with Crippen LogP contribution in [-0.4, -0.2) is 58.8 Å². The molecule has 0 spiro atoms. The highest BCUT2D eigenvalue weighted by Crippen LogP contribution is 2.35. The van der Waals surface area contributed by atoms with Crippen LogP contribution in [-0.2, 0) is 13.0 Å². The van der Waals surface area contributed by atoms with E-state index < -0.39 is 0 Å². The number of halogens is 3. The van der Waals surface area contributed by atoms with Crippen LogP contribution >= 0.6 is 45.6 Å². The first-order valence-electron chi connectivity index (χ1n) is 12.4. The summed E-state index contributed by atoms with van der Waals surface area (Å²) in [5.41, 5.74) is 4.55. The highest BCUT2D eigenvalue weighted by molar-refractivity contribution is 8.93. The van der Waals surface area contributed by atoms with E-state index in [1.54, 1.807) is 13.3 Å². The Hall–Kier alpha value is -2.33. The predicted octanol–water partition coefficient (Wildman–Crippen LogP) is 6.63. The van der Waals surface area contributed by atoms with E-state index in [0.717, 1.165) is 70.8 Å². The maximum atomic E-state index is 13.8. The molecule has 2 aromatic heterocycles. The first kappa shape index (κ1) is 30.2. The van der Waals surface area contributed by atoms with Gasteiger partial charge in [0.25, 0.3) is 0 Å². The summed E-state index contributed by atoms with van der Waals surface area (Å²) in [6.45, 7) is 8.37. The molecule has 1 aliphatic heterocycles. The Labute approximate surface area is 249 Å². The van der Waals surface area contributed by atoms with Gasteiger partial charge in [-0.3, -0.25) is 9.89 Å². The van der Waals surface area contributed by atoms with Gasteiger partial charge < -0.3 is 18.9 Å². The van der Waals surface area contributed by atoms with Crippen LogP contribution in [0.25, 0.3) is 22.0 Å². The van der Waals surface area contributed by atoms with Crippen LogP contribution in [0, 0.1) is 5.92 Å². The zero-order valence-corrected chi connectivity index (χ0v) is 25.9. The van der Waals surface area contributed by atoms with Gasteiger partial charge in [0.1, 0.15) is 16.7 Å². The molecule has 38 heavy (non-hydrogen) atoms. The summed E-state index contributed by atoms with van der Waals surface area (Å²) in [6, 6.07) is 11.9. The number of Topliss-reactive ketones (excluding diaryl/α,β-unsaturated/α-hetero) is 1. The molecule has 0 unspecified atom stereocenters. The fraction of sp³-hybridized carbons (Fsp3) is 0.357. The highest BCUT2D eigenvalue weighted by atomic mass is 79.9. The summed E-state index contributed by atoms with van der Waals surface area (Å²) < 4.78 is 13.5. The minimum Gasteiger partial charge on any atom is -0.497 e. The first-order chi connectivity index (χ1) is 17.5. The van der Waals surface area contributed by atoms with E-state index in [1.807, 2.05) is 36.5 Å². The largest absolute Gasteiger partial charge is 0.497 e. The Morgan fingerprint density at radius 1 is 1.21 bits per heavy atom. The number of fused-ring (bicyclic) bond motifs is 2. The molecular weight excluding hydrogens is 636 g/mol. The quantitative estimate of drug-likeness (QED) is 0.203. The molecule has 0 saturated carbocycles. The molecule has 4 aromatic rings. The number of aromatic nitrogens is 3. The van der Waals surface area contributed by atoms with Crippen LogP contribution in [0.15, 0.2) is 48.8 Å². The van der Waals surface area contributed by atoms with Crippen LogP contribution in [0.3, 0.4) is 0 Å². The van der Waals surface area contributed by atoms with Crippen molar-refractivity contribution < 1.29 is 14.3 Å². The number of nitrogens with one attached hydrogen (secondary N) is 1. The molecule has 0 bridgehead atoms. The Morgan fingerprint density at radius 2 is 2.00 bits per heavy atom. The van der Waals surface area contributed by atoms with E-state index in [-0.39, 0.29) is 45.7 Å². The lowest BCUT2D eigenvalue weighted by Crippen LogP contribution is -2.28. The number of ether oxygens (including phenoxy) is 2. The molecule has 0 saturated heterocycles. The number of rotatable bonds is 9. The fourth-order valence-corrected chi connectivity index (χ4v) is 5.19. The van der Waals surface area contributed by atoms with Crippen LogP contribution in [0.4, 0.5) is 0 Å². The summed E-state index contributed by atoms with van der Waals surface area (Å²) in [5.74, 6) is 1.44. The third kappa shape index (κ3) is 5.96. The number of nitrogens with zero attached hydrogens (tertiary/aromatic N) is 3. The van der Waals surface area contributed by atoms with E-state index in [1.165, 1.54) is 0 Å². The van der Waals surface area contributed by atoms with Crippen molar-refractivity contribution in [1.82, 2.24) is 19.7 Å². The first-order valence-corrected chi connectivity index (χ1v) is 12.8. The smallest absolute Gasteiger partial charge is 0.171 e. The minimum atomic E-state index is -0.255. The third-order valence-corrected chi connectivity index (χ3v) is 7.44. The van der Waals surface area contributed by atoms with Gasteiger partial charge in [-0.05, 0) is 54.9 Å². The third-order valence-electron chi connectivity index (χ3n) is 7.15. The molecule has 0 amide bonds. The van der Waals surface area contributed by atoms with Crippen LogP contribution in [0.1, 0.15) is 29.8 Å². The SMILES string of the molecule is Br.Br.CCN(CC)CCn1cc(C(=O)[C@@H]2COc3ccc(OC)cc3C2)c2ccc(-c3cn[nH]c3Cl)cc21. The van der Waals surface area contributed by atoms with Crippen LogP contribution in [0.2, 0.25) is 5.15 Å². The number of hydrogen-bond donors (Lipinski definition) is 1. The number of benzene rings is 2. The Kier molecular flexibility index (Phi) is 10.5. The molecule has 3 heterocycles. The molecule has 10 heteroatoms. The van der Waals surface area contributed by atoms with Crippen molar-refractivity contribution in [1.29, 1.82) is 0 Å². The van der Waals surface area contributed by atoms with Gasteiger partial charge in [-0.25, -0.2) is 0 Å². The number of carbonyl (C=O) groups is 1. The van der Waals surface area contributed by atoms with Crippen molar-refractivity contribution in [3.8, 4) is 22.6 Å². The topological polar surface area (TPSA) is 72.4 Å². The Bertz CT molecular complexity index is 1400. The molecule has 1 aliphatic rings. The minimum absolute atomic E-state index is 0. The van der Waals surface area contributed by atoms with E-state index in [9.17, 15) is 4.79 Å². The van der Waals surface area contributed by atoms with Gasteiger partial charge in [0.2, 0.25) is 0 Å². The fourth-order valence-electron chi connectivity index (χ4n) is 4.99. The maximum Gasteiger partial charge on any atom is 0.171 e. The molecule has 0 radical (unpaired) electrons. The molecule has 0 aliphatic carbocycles. The van der Waals surface area contributed by atoms with E-state index in [0.29, 0.717) is 18.2 Å². The Morgan fingerprint density at radius 3 is 2.68 bits per heavy atom. The summed E-state index contributed by atoms with van der Waals surface area (Å²) in [5, 5.41) is 8.30. The highest BCUT2D eigenvalue weighted by Gasteiger charge is 2.29. The molecular formula is C28H33Br2ClN4O3. The number of methoxy groups -OCH3 is 1. The average molecular weight is 669 g/mol. The van der Waals surface area contributed by atoms with Gasteiger partial charge in [-0.1, -0.05) is 37.6 Å². The van der Waals surface area contributed by atoms with Gasteiger partial charge in [-0.15, -0.1) is 34.0 Å². The zero-order chi connectivity index (χ0) is 25.2. The second-order valence-corrected chi connectivity index (χ2v) is 9.52. The molecule has 0 fully saturated rings. The number of carbonyl (C=O) groups excluding carboxylic acids is 1. The molecule has 1 atom stereocenters. The van der Waals surface area contributed by atoms with Gasteiger partial charge in [0.05, 0.1) is 25.8 Å². The normalized spacial score (nSPS) is 14.4. The van der Waals surface area contributed by atoms with Gasteiger partial charge in [0, 0.05) is 41.3 Å². The van der Waals surface area contributed by atoms with E-state index in [4.69, 9.17) is 21.1 Å². The number of aromatic amines is 1. The Balaban J connectivity index is 0.00000200. The summed E-state index contributed by atoms with van der Waals surface area (Å²) in [4.78, 5) is 16.2. The average Bonchev–Trinajstić information content (AvgIpc) is 3.51. The van der Waals surface area contributed by atoms with Crippen molar-refractivity contribution in [2.45, 2.75) is 26.8 Å². The molecule has 7 nitrogen and oxygen atoms in total. The summed E-state index contributed by atoms with van der Waals surface area (Å²) in [7, 11) is 1.64. The monoisotopic (exact) mass is 666 g/mol. The molecule has 1 N–H and O–H groups in total. The van der Waals surface area contributed by atoms with Crippen molar-refractivity contribution >= 4 is 62.3 Å². The lowest BCUT2D eigenvalue weighted by molar-refractivity contribution is 0.0856. The number of H-pyrrole nitrogens is 1. The number of likely N-dealkylation sites (N-methyl/N-ethyl adjacent to an activating group) is 1. The van der Waals surface area contributed by atoms with Crippen molar-refractivity contribution in [2.24, 2.45) is 5.92 Å². The standard InChI is InChI=1S/C28H31ClN4O3.2BrH/c1-4-32(5-2)10-11-33-16-24(22-8-6-18(14-25(22)33)23-15-30-31-28(23)29)27(34)20-12-19-13-21(35-3)7-9-26(19)36-17-20;;/h6-9,13-16,20H,4-5,10-12,17H2,1-3H3,(H,30,31);2*1H/t20-;;/m0../s1. The molecule has 2 aromatic carbocycles. The zero-order valence-electron chi connectivity index (χ0n) is 21.7. The van der Waals surface area contributed by atoms with Crippen molar-refractivity contribution in [2.75, 3.05) is 33.4 Å². The maximum absolute atomic E-state index is 13.8. The van der Waals surface area contributed by atoms with E-state index in [2.05, 4.69) is 39.6 Å². The summed E-state index contributed by atoms with van der Waals surface area (Å²) >= 11 is 6.32. The lowest BCUT2D eigenvalue weighted by Gasteiger charge is -2.24. The molecule has 204 valence electrons. The number of hydrogen-bond acceptors (Lipinski definition) is 5. The van der Waals surface area contributed by atoms with Gasteiger partial charge in [-0.2, -0.15) is 5.10 Å². The van der Waals surface area contributed by atoms with Gasteiger partial charge >= 0.3 is 0 Å².